The van der Waals surface area contributed by atoms with Crippen LogP contribution in [0.3, 0.4) is 0 Å². The van der Waals surface area contributed by atoms with Gasteiger partial charge in [-0.05, 0) is 16.7 Å². The van der Waals surface area contributed by atoms with Crippen LogP contribution in [0.15, 0.2) is 0 Å². The summed E-state index contributed by atoms with van der Waals surface area (Å²) in [6.45, 7) is 16.6. The first-order valence-electron chi connectivity index (χ1n) is 5.83. The Labute approximate surface area is 85.1 Å². The molecule has 0 rings (SSSR count). The van der Waals surface area contributed by atoms with Crippen LogP contribution < -0.4 is 0 Å². The summed E-state index contributed by atoms with van der Waals surface area (Å²) in [5.74, 6) is 0.863. The molecule has 0 N–H and O–H groups in total. The quantitative estimate of drug-likeness (QED) is 0.571. The van der Waals surface area contributed by atoms with E-state index >= 15 is 0 Å². The first-order valence-corrected chi connectivity index (χ1v) is 5.83. The molecular formula is C13H28. The van der Waals surface area contributed by atoms with E-state index in [1.165, 1.54) is 19.3 Å². The third kappa shape index (κ3) is 2.48. The van der Waals surface area contributed by atoms with Crippen LogP contribution in [0.5, 0.6) is 0 Å². The molecule has 0 unspecified atom stereocenters. The summed E-state index contributed by atoms with van der Waals surface area (Å²) in [6, 6.07) is 0. The van der Waals surface area contributed by atoms with Gasteiger partial charge in [0.1, 0.15) is 0 Å². The Kier molecular flexibility index (Phi) is 4.48. The van der Waals surface area contributed by atoms with Gasteiger partial charge in [0.15, 0.2) is 0 Å². The maximum Gasteiger partial charge on any atom is -0.0275 e. The summed E-state index contributed by atoms with van der Waals surface area (Å²) in [6.07, 6.45) is 3.90. The summed E-state index contributed by atoms with van der Waals surface area (Å²) < 4.78 is 0. The normalized spacial score (nSPS) is 13.8. The standard InChI is InChI=1S/C13H28/c1-8-11(9-2)13(6,7)12(4,5)10-3/h11H,8-10H2,1-7H3. The van der Waals surface area contributed by atoms with Crippen molar-refractivity contribution in [2.24, 2.45) is 16.7 Å². The third-order valence-electron chi connectivity index (χ3n) is 4.63. The van der Waals surface area contributed by atoms with Crippen LogP contribution in [-0.4, -0.2) is 0 Å². The van der Waals surface area contributed by atoms with E-state index < -0.39 is 0 Å². The zero-order valence-electron chi connectivity index (χ0n) is 10.7. The fourth-order valence-electron chi connectivity index (χ4n) is 2.32. The van der Waals surface area contributed by atoms with Crippen molar-refractivity contribution in [3.05, 3.63) is 0 Å². The first-order chi connectivity index (χ1) is 5.83. The van der Waals surface area contributed by atoms with Gasteiger partial charge in [-0.1, -0.05) is 67.7 Å². The molecule has 80 valence electrons. The Morgan fingerprint density at radius 1 is 0.846 bits per heavy atom. The van der Waals surface area contributed by atoms with Crippen LogP contribution in [0.2, 0.25) is 0 Å². The van der Waals surface area contributed by atoms with Crippen LogP contribution in [0.1, 0.15) is 67.7 Å². The lowest BCUT2D eigenvalue weighted by molar-refractivity contribution is 0.0308. The predicted molar refractivity (Wildman–Crippen MR) is 61.9 cm³/mol. The average Bonchev–Trinajstić information content (AvgIpc) is 2.06. The molecule has 0 saturated carbocycles. The summed E-state index contributed by atoms with van der Waals surface area (Å²) in [4.78, 5) is 0. The van der Waals surface area contributed by atoms with Gasteiger partial charge < -0.3 is 0 Å². The van der Waals surface area contributed by atoms with Crippen molar-refractivity contribution in [3.63, 3.8) is 0 Å². The molecule has 0 aromatic rings. The summed E-state index contributed by atoms with van der Waals surface area (Å²) >= 11 is 0. The first kappa shape index (κ1) is 13.0. The lowest BCUT2D eigenvalue weighted by Gasteiger charge is -2.46. The summed E-state index contributed by atoms with van der Waals surface area (Å²) in [5, 5.41) is 0. The largest absolute Gasteiger partial charge is 0.0651 e. The van der Waals surface area contributed by atoms with Crippen molar-refractivity contribution in [2.75, 3.05) is 0 Å². The molecule has 0 radical (unpaired) electrons. The zero-order valence-corrected chi connectivity index (χ0v) is 10.7. The fraction of sp³-hybridized carbons (Fsp3) is 1.00. The zero-order chi connectivity index (χ0) is 10.7. The number of hydrogen-bond donors (Lipinski definition) is 0. The van der Waals surface area contributed by atoms with Crippen LogP contribution in [-0.2, 0) is 0 Å². The van der Waals surface area contributed by atoms with E-state index in [1.807, 2.05) is 0 Å². The van der Waals surface area contributed by atoms with Crippen LogP contribution in [0, 0.1) is 16.7 Å². The predicted octanol–water partition coefficient (Wildman–Crippen LogP) is 4.89. The molecule has 0 spiro atoms. The Morgan fingerprint density at radius 2 is 1.23 bits per heavy atom. The van der Waals surface area contributed by atoms with Crippen LogP contribution in [0.4, 0.5) is 0 Å². The van der Waals surface area contributed by atoms with Crippen molar-refractivity contribution in [2.45, 2.75) is 67.7 Å². The van der Waals surface area contributed by atoms with Gasteiger partial charge >= 0.3 is 0 Å². The Bertz CT molecular complexity index is 138. The highest BCUT2D eigenvalue weighted by Crippen LogP contribution is 2.48. The van der Waals surface area contributed by atoms with Gasteiger partial charge in [0.25, 0.3) is 0 Å². The fourth-order valence-corrected chi connectivity index (χ4v) is 2.32. The smallest absolute Gasteiger partial charge is 0.0275 e. The monoisotopic (exact) mass is 184 g/mol. The van der Waals surface area contributed by atoms with E-state index in [-0.39, 0.29) is 0 Å². The van der Waals surface area contributed by atoms with Crippen LogP contribution in [0.25, 0.3) is 0 Å². The Balaban J connectivity index is 4.70. The molecule has 0 aliphatic rings. The van der Waals surface area contributed by atoms with E-state index in [0.717, 1.165) is 5.92 Å². The van der Waals surface area contributed by atoms with Gasteiger partial charge in [0, 0.05) is 0 Å². The van der Waals surface area contributed by atoms with Gasteiger partial charge in [-0.3, -0.25) is 0 Å². The Hall–Kier alpha value is 0. The minimum absolute atomic E-state index is 0.462. The average molecular weight is 184 g/mol. The molecule has 0 atom stereocenters. The molecule has 0 aliphatic heterocycles. The van der Waals surface area contributed by atoms with Gasteiger partial charge in [0.2, 0.25) is 0 Å². The Morgan fingerprint density at radius 3 is 1.46 bits per heavy atom. The number of rotatable bonds is 5. The molecule has 0 nitrogen and oxygen atoms in total. The highest BCUT2D eigenvalue weighted by Gasteiger charge is 2.39. The maximum absolute atomic E-state index is 2.44. The van der Waals surface area contributed by atoms with Crippen molar-refractivity contribution < 1.29 is 0 Å². The molecular weight excluding hydrogens is 156 g/mol. The van der Waals surface area contributed by atoms with Gasteiger partial charge in [0.05, 0.1) is 0 Å². The van der Waals surface area contributed by atoms with Crippen molar-refractivity contribution in [3.8, 4) is 0 Å². The second kappa shape index (κ2) is 4.48. The van der Waals surface area contributed by atoms with Crippen LogP contribution >= 0.6 is 0 Å². The van der Waals surface area contributed by atoms with E-state index in [0.29, 0.717) is 10.8 Å². The van der Waals surface area contributed by atoms with E-state index in [4.69, 9.17) is 0 Å². The van der Waals surface area contributed by atoms with Crippen molar-refractivity contribution in [1.29, 1.82) is 0 Å². The molecule has 0 saturated heterocycles. The minimum atomic E-state index is 0.462. The third-order valence-corrected chi connectivity index (χ3v) is 4.63. The van der Waals surface area contributed by atoms with E-state index in [1.54, 1.807) is 0 Å². The van der Waals surface area contributed by atoms with Gasteiger partial charge in [-0.25, -0.2) is 0 Å². The van der Waals surface area contributed by atoms with Gasteiger partial charge in [-0.15, -0.1) is 0 Å². The highest BCUT2D eigenvalue weighted by atomic mass is 14.4. The molecule has 0 heterocycles. The van der Waals surface area contributed by atoms with Crippen molar-refractivity contribution >= 4 is 0 Å². The second-order valence-electron chi connectivity index (χ2n) is 5.47. The molecule has 0 aromatic carbocycles. The molecule has 0 fully saturated rings. The molecule has 0 bridgehead atoms. The topological polar surface area (TPSA) is 0 Å². The second-order valence-corrected chi connectivity index (χ2v) is 5.47. The molecule has 0 aliphatic carbocycles. The molecule has 0 heteroatoms. The lowest BCUT2D eigenvalue weighted by Crippen LogP contribution is -2.38. The summed E-state index contributed by atoms with van der Waals surface area (Å²) in [7, 11) is 0. The maximum atomic E-state index is 2.44. The SMILES string of the molecule is CCC(CC)C(C)(C)C(C)(C)CC. The molecule has 0 aromatic heterocycles. The number of hydrogen-bond acceptors (Lipinski definition) is 0. The van der Waals surface area contributed by atoms with E-state index in [9.17, 15) is 0 Å². The van der Waals surface area contributed by atoms with Gasteiger partial charge in [-0.2, -0.15) is 0 Å². The highest BCUT2D eigenvalue weighted by molar-refractivity contribution is 4.89. The molecule has 0 amide bonds. The molecule has 13 heavy (non-hydrogen) atoms. The van der Waals surface area contributed by atoms with E-state index in [2.05, 4.69) is 48.5 Å². The minimum Gasteiger partial charge on any atom is -0.0651 e. The lowest BCUT2D eigenvalue weighted by atomic mass is 9.59. The van der Waals surface area contributed by atoms with Crippen molar-refractivity contribution in [1.82, 2.24) is 0 Å². The summed E-state index contributed by atoms with van der Waals surface area (Å²) in [5.41, 5.74) is 0.926.